The third-order valence-corrected chi connectivity index (χ3v) is 12.7. The molecule has 59 heavy (non-hydrogen) atoms. The lowest BCUT2D eigenvalue weighted by molar-refractivity contribution is -0.123. The fraction of sp³-hybridized carbons (Fsp3) is 0.909. The van der Waals surface area contributed by atoms with Crippen LogP contribution in [0.5, 0.6) is 0 Å². The molecule has 0 bridgehead atoms. The second-order valence-corrected chi connectivity index (χ2v) is 18.7. The number of carbonyl (C=O) groups is 1. The van der Waals surface area contributed by atoms with Gasteiger partial charge in [0.15, 0.2) is 0 Å². The summed E-state index contributed by atoms with van der Waals surface area (Å²) in [6, 6.07) is -0.543. The maximum Gasteiger partial charge on any atom is 0.220 e. The Morgan fingerprint density at radius 2 is 0.695 bits per heavy atom. The van der Waals surface area contributed by atoms with Crippen LogP contribution in [0.2, 0.25) is 0 Å². The first-order valence-electron chi connectivity index (χ1n) is 27.0. The standard InChI is InChI=1S/C55H107NO3/c1-3-5-7-9-11-13-15-17-19-20-21-22-23-24-25-26-27-28-29-30-31-32-33-34-35-37-38-40-42-44-46-48-50-54(58)53(52-57)56-55(59)51-49-47-45-43-41-39-36-18-16-14-12-10-8-6-4-2/h12,14,18,36,53-54,57-58H,3-11,13,15-17,19-35,37-52H2,1-2H3,(H,56,59)/b14-12-,36-18-. The Hall–Kier alpha value is -1.13. The summed E-state index contributed by atoms with van der Waals surface area (Å²) in [5.41, 5.74) is 0. The normalized spacial score (nSPS) is 12.9. The summed E-state index contributed by atoms with van der Waals surface area (Å²) >= 11 is 0. The zero-order valence-corrected chi connectivity index (χ0v) is 40.3. The number of hydrogen-bond donors (Lipinski definition) is 3. The minimum absolute atomic E-state index is 0.0418. The Morgan fingerprint density at radius 1 is 0.407 bits per heavy atom. The van der Waals surface area contributed by atoms with Crippen LogP contribution in [0.25, 0.3) is 0 Å². The molecule has 2 unspecified atom stereocenters. The van der Waals surface area contributed by atoms with Crippen molar-refractivity contribution in [3.63, 3.8) is 0 Å². The minimum atomic E-state index is -0.665. The number of carbonyl (C=O) groups excluding carboxylic acids is 1. The summed E-state index contributed by atoms with van der Waals surface area (Å²) in [5.74, 6) is -0.0418. The molecule has 2 atom stereocenters. The maximum absolute atomic E-state index is 12.4. The number of amides is 1. The smallest absolute Gasteiger partial charge is 0.220 e. The van der Waals surface area contributed by atoms with Gasteiger partial charge in [0.25, 0.3) is 0 Å². The molecular formula is C55H107NO3. The van der Waals surface area contributed by atoms with Crippen molar-refractivity contribution in [2.45, 2.75) is 315 Å². The molecule has 0 heterocycles. The van der Waals surface area contributed by atoms with Crippen molar-refractivity contribution in [3.8, 4) is 0 Å². The van der Waals surface area contributed by atoms with Crippen LogP contribution in [0.1, 0.15) is 303 Å². The predicted octanol–water partition coefficient (Wildman–Crippen LogP) is 17.5. The molecule has 1 amide bonds. The molecule has 0 fully saturated rings. The Balaban J connectivity index is 3.40. The Labute approximate surface area is 370 Å². The van der Waals surface area contributed by atoms with E-state index in [0.29, 0.717) is 12.8 Å². The highest BCUT2D eigenvalue weighted by Gasteiger charge is 2.20. The van der Waals surface area contributed by atoms with E-state index in [4.69, 9.17) is 0 Å². The fourth-order valence-electron chi connectivity index (χ4n) is 8.57. The van der Waals surface area contributed by atoms with Gasteiger partial charge in [0, 0.05) is 6.42 Å². The van der Waals surface area contributed by atoms with E-state index in [-0.39, 0.29) is 12.5 Å². The molecule has 350 valence electrons. The van der Waals surface area contributed by atoms with Gasteiger partial charge >= 0.3 is 0 Å². The summed E-state index contributed by atoms with van der Waals surface area (Å²) in [7, 11) is 0. The number of aliphatic hydroxyl groups excluding tert-OH is 2. The quantitative estimate of drug-likeness (QED) is 0.0422. The first-order valence-corrected chi connectivity index (χ1v) is 27.0. The van der Waals surface area contributed by atoms with Crippen LogP contribution >= 0.6 is 0 Å². The molecule has 3 N–H and O–H groups in total. The number of hydrogen-bond acceptors (Lipinski definition) is 3. The number of rotatable bonds is 50. The van der Waals surface area contributed by atoms with E-state index in [2.05, 4.69) is 43.5 Å². The van der Waals surface area contributed by atoms with Crippen molar-refractivity contribution in [1.82, 2.24) is 5.32 Å². The third kappa shape index (κ3) is 47.8. The van der Waals surface area contributed by atoms with Crippen molar-refractivity contribution in [3.05, 3.63) is 24.3 Å². The lowest BCUT2D eigenvalue weighted by Gasteiger charge is -2.22. The van der Waals surface area contributed by atoms with E-state index >= 15 is 0 Å². The third-order valence-electron chi connectivity index (χ3n) is 12.7. The maximum atomic E-state index is 12.4. The predicted molar refractivity (Wildman–Crippen MR) is 262 cm³/mol. The molecule has 4 nitrogen and oxygen atoms in total. The van der Waals surface area contributed by atoms with Gasteiger partial charge in [0.2, 0.25) is 5.91 Å². The van der Waals surface area contributed by atoms with Gasteiger partial charge in [0.1, 0.15) is 0 Å². The lowest BCUT2D eigenvalue weighted by Crippen LogP contribution is -2.45. The van der Waals surface area contributed by atoms with E-state index in [1.54, 1.807) is 0 Å². The van der Waals surface area contributed by atoms with E-state index in [1.165, 1.54) is 231 Å². The van der Waals surface area contributed by atoms with Crippen molar-refractivity contribution in [2.24, 2.45) is 0 Å². The van der Waals surface area contributed by atoms with Gasteiger partial charge in [0.05, 0.1) is 18.8 Å². The van der Waals surface area contributed by atoms with E-state index < -0.39 is 12.1 Å². The highest BCUT2D eigenvalue weighted by molar-refractivity contribution is 5.76. The van der Waals surface area contributed by atoms with Crippen molar-refractivity contribution < 1.29 is 15.0 Å². The molecule has 0 spiro atoms. The molecule has 0 saturated carbocycles. The van der Waals surface area contributed by atoms with Crippen molar-refractivity contribution in [1.29, 1.82) is 0 Å². The molecule has 0 aliphatic heterocycles. The van der Waals surface area contributed by atoms with Crippen LogP contribution in [0.4, 0.5) is 0 Å². The second-order valence-electron chi connectivity index (χ2n) is 18.7. The molecule has 0 radical (unpaired) electrons. The van der Waals surface area contributed by atoms with Crippen molar-refractivity contribution in [2.75, 3.05) is 6.61 Å². The number of aliphatic hydroxyl groups is 2. The zero-order chi connectivity index (χ0) is 42.8. The van der Waals surface area contributed by atoms with Crippen LogP contribution < -0.4 is 5.32 Å². The number of allylic oxidation sites excluding steroid dienone is 4. The van der Waals surface area contributed by atoms with Gasteiger partial charge in [-0.3, -0.25) is 4.79 Å². The summed E-state index contributed by atoms with van der Waals surface area (Å²) < 4.78 is 0. The first kappa shape index (κ1) is 57.9. The zero-order valence-electron chi connectivity index (χ0n) is 40.3. The van der Waals surface area contributed by atoms with E-state index in [9.17, 15) is 15.0 Å². The van der Waals surface area contributed by atoms with Gasteiger partial charge in [-0.1, -0.05) is 276 Å². The molecule has 0 rings (SSSR count). The van der Waals surface area contributed by atoms with Crippen LogP contribution in [0.15, 0.2) is 24.3 Å². The van der Waals surface area contributed by atoms with Crippen molar-refractivity contribution >= 4 is 5.91 Å². The average Bonchev–Trinajstić information content (AvgIpc) is 3.24. The van der Waals surface area contributed by atoms with Crippen LogP contribution in [0.3, 0.4) is 0 Å². The van der Waals surface area contributed by atoms with Gasteiger partial charge in [-0.05, 0) is 44.9 Å². The lowest BCUT2D eigenvalue weighted by atomic mass is 10.0. The van der Waals surface area contributed by atoms with Gasteiger partial charge in [-0.2, -0.15) is 0 Å². The molecule has 0 saturated heterocycles. The SMILES string of the molecule is CCCCC/C=C\C/C=C\CCCCCCCC(=O)NC(CO)C(O)CCCCCCCCCCCCCCCCCCCCCCCCCCCCCCCCCC. The van der Waals surface area contributed by atoms with Gasteiger partial charge in [-0.25, -0.2) is 0 Å². The van der Waals surface area contributed by atoms with Crippen LogP contribution in [0, 0.1) is 0 Å². The van der Waals surface area contributed by atoms with E-state index in [1.807, 2.05) is 0 Å². The first-order chi connectivity index (χ1) is 29.2. The Kier molecular flexibility index (Phi) is 50.2. The fourth-order valence-corrected chi connectivity index (χ4v) is 8.57. The number of unbranched alkanes of at least 4 members (excludes halogenated alkanes) is 39. The summed E-state index contributed by atoms with van der Waals surface area (Å²) in [4.78, 5) is 12.4. The average molecular weight is 830 g/mol. The Bertz CT molecular complexity index is 855. The second kappa shape index (κ2) is 51.2. The molecule has 0 aromatic heterocycles. The molecule has 0 aliphatic rings. The van der Waals surface area contributed by atoms with Crippen LogP contribution in [-0.2, 0) is 4.79 Å². The molecule has 0 aromatic carbocycles. The van der Waals surface area contributed by atoms with Crippen LogP contribution in [-0.4, -0.2) is 34.9 Å². The molecule has 0 aliphatic carbocycles. The number of nitrogens with one attached hydrogen (secondary N) is 1. The highest BCUT2D eigenvalue weighted by Crippen LogP contribution is 2.18. The van der Waals surface area contributed by atoms with Gasteiger partial charge in [-0.15, -0.1) is 0 Å². The highest BCUT2D eigenvalue weighted by atomic mass is 16.3. The molecule has 0 aromatic rings. The largest absolute Gasteiger partial charge is 0.394 e. The Morgan fingerprint density at radius 3 is 1.05 bits per heavy atom. The monoisotopic (exact) mass is 830 g/mol. The topological polar surface area (TPSA) is 69.6 Å². The summed E-state index contributed by atoms with van der Waals surface area (Å²) in [5, 5.41) is 23.3. The molecular weight excluding hydrogens is 723 g/mol. The van der Waals surface area contributed by atoms with E-state index in [0.717, 1.165) is 44.9 Å². The molecule has 4 heteroatoms. The minimum Gasteiger partial charge on any atom is -0.394 e. The van der Waals surface area contributed by atoms with Gasteiger partial charge < -0.3 is 15.5 Å². The summed E-state index contributed by atoms with van der Waals surface area (Å²) in [6.45, 7) is 4.35. The summed E-state index contributed by atoms with van der Waals surface area (Å²) in [6.07, 6.45) is 67.4.